The number of hydrogen-bond donors (Lipinski definition) is 2. The van der Waals surface area contributed by atoms with E-state index < -0.39 is 50.7 Å². The van der Waals surface area contributed by atoms with Gasteiger partial charge in [-0.05, 0) is 32.4 Å². The van der Waals surface area contributed by atoms with Crippen LogP contribution in [0, 0.1) is 45.7 Å². The second kappa shape index (κ2) is 10.6. The Balaban J connectivity index is 2.16. The summed E-state index contributed by atoms with van der Waals surface area (Å²) >= 11 is 0. The Kier molecular flexibility index (Phi) is 8.10. The summed E-state index contributed by atoms with van der Waals surface area (Å²) in [7, 11) is 0. The van der Waals surface area contributed by atoms with Gasteiger partial charge in [0, 0.05) is 35.8 Å². The van der Waals surface area contributed by atoms with E-state index in [1.165, 1.54) is 13.8 Å². The van der Waals surface area contributed by atoms with E-state index in [1.54, 1.807) is 0 Å². The Morgan fingerprint density at radius 3 is 1.79 bits per heavy atom. The summed E-state index contributed by atoms with van der Waals surface area (Å²) in [4.78, 5) is 45.5. The number of nitro benzene ring substituents is 2. The van der Waals surface area contributed by atoms with Crippen LogP contribution in [0.15, 0.2) is 24.3 Å². The molecule has 0 aromatic heterocycles. The summed E-state index contributed by atoms with van der Waals surface area (Å²) in [6.07, 6.45) is 0.985. The first kappa shape index (κ1) is 25.3. The third-order valence-corrected chi connectivity index (χ3v) is 5.03. The van der Waals surface area contributed by atoms with Gasteiger partial charge in [-0.1, -0.05) is 13.3 Å². The summed E-state index contributed by atoms with van der Waals surface area (Å²) in [5, 5.41) is 27.2. The molecule has 0 aliphatic carbocycles. The van der Waals surface area contributed by atoms with Gasteiger partial charge in [-0.15, -0.1) is 0 Å². The second-order valence-corrected chi connectivity index (χ2v) is 7.39. The van der Waals surface area contributed by atoms with Crippen LogP contribution in [0.25, 0.3) is 0 Å². The average molecular weight is 464 g/mol. The highest BCUT2D eigenvalue weighted by molar-refractivity contribution is 5.96. The maximum Gasteiger partial charge on any atom is 0.276 e. The van der Waals surface area contributed by atoms with Crippen molar-refractivity contribution in [3.8, 4) is 0 Å². The Morgan fingerprint density at radius 2 is 1.36 bits per heavy atom. The highest BCUT2D eigenvalue weighted by Gasteiger charge is 2.23. The number of halogens is 2. The fraction of sp³-hybridized carbons (Fsp3) is 0.333. The van der Waals surface area contributed by atoms with Crippen molar-refractivity contribution < 1.29 is 28.2 Å². The first-order valence-electron chi connectivity index (χ1n) is 9.94. The lowest BCUT2D eigenvalue weighted by Crippen LogP contribution is -2.43. The molecule has 0 spiro atoms. The van der Waals surface area contributed by atoms with Gasteiger partial charge in [-0.25, -0.2) is 8.78 Å². The molecule has 2 rings (SSSR count). The lowest BCUT2D eigenvalue weighted by atomic mass is 10.1. The molecule has 2 N–H and O–H groups in total. The number of nitro groups is 2. The summed E-state index contributed by atoms with van der Waals surface area (Å²) in [6.45, 7) is 4.15. The van der Waals surface area contributed by atoms with Crippen molar-refractivity contribution in [1.82, 2.24) is 10.6 Å². The van der Waals surface area contributed by atoms with Crippen molar-refractivity contribution in [2.24, 2.45) is 0 Å². The number of amides is 2. The summed E-state index contributed by atoms with van der Waals surface area (Å²) in [6, 6.07) is 3.03. The van der Waals surface area contributed by atoms with Crippen molar-refractivity contribution in [2.45, 2.75) is 39.7 Å². The molecule has 0 aliphatic heterocycles. The van der Waals surface area contributed by atoms with Crippen molar-refractivity contribution in [3.63, 3.8) is 0 Å². The van der Waals surface area contributed by atoms with Gasteiger partial charge in [0.25, 0.3) is 23.2 Å². The SMILES string of the molecule is CCCC(CNC(=O)c1cc(F)c(C)c([N+](=O)[O-])c1)NC(=O)c1cc(F)c(C)c([N+](=O)[O-])c1. The van der Waals surface area contributed by atoms with Crippen LogP contribution in [0.3, 0.4) is 0 Å². The molecule has 0 saturated heterocycles. The molecule has 0 bridgehead atoms. The minimum Gasteiger partial charge on any atom is -0.350 e. The molecule has 12 heteroatoms. The standard InChI is InChI=1S/C21H22F2N4O6/c1-4-5-15(25-21(29)14-7-17(23)12(3)19(9-14)27(32)33)10-24-20(28)13-6-16(22)11(2)18(8-13)26(30)31/h6-9,15H,4-5,10H2,1-3H3,(H,24,28)(H,25,29). The molecule has 1 atom stereocenters. The maximum atomic E-state index is 14.0. The van der Waals surface area contributed by atoms with Gasteiger partial charge < -0.3 is 10.6 Å². The molecule has 0 heterocycles. The summed E-state index contributed by atoms with van der Waals surface area (Å²) in [5.74, 6) is -3.38. The normalized spacial score (nSPS) is 11.5. The number of nitrogens with one attached hydrogen (secondary N) is 2. The third-order valence-electron chi connectivity index (χ3n) is 5.03. The van der Waals surface area contributed by atoms with Crippen LogP contribution in [-0.2, 0) is 0 Å². The Bertz CT molecular complexity index is 1120. The van der Waals surface area contributed by atoms with Crippen LogP contribution in [0.1, 0.15) is 51.6 Å². The number of carbonyl (C=O) groups excluding carboxylic acids is 2. The number of hydrogen-bond acceptors (Lipinski definition) is 6. The van der Waals surface area contributed by atoms with E-state index >= 15 is 0 Å². The molecule has 2 amide bonds. The van der Waals surface area contributed by atoms with Crippen LogP contribution in [0.4, 0.5) is 20.2 Å². The minimum absolute atomic E-state index is 0.113. The molecule has 2 aromatic carbocycles. The Morgan fingerprint density at radius 1 is 0.909 bits per heavy atom. The largest absolute Gasteiger partial charge is 0.350 e. The zero-order valence-electron chi connectivity index (χ0n) is 18.1. The Labute approximate surface area is 187 Å². The monoisotopic (exact) mass is 464 g/mol. The van der Waals surface area contributed by atoms with E-state index in [0.29, 0.717) is 12.8 Å². The highest BCUT2D eigenvalue weighted by Crippen LogP contribution is 2.24. The van der Waals surface area contributed by atoms with Gasteiger partial charge in [-0.2, -0.15) is 0 Å². The number of benzene rings is 2. The molecule has 0 fully saturated rings. The van der Waals surface area contributed by atoms with Gasteiger partial charge in [-0.3, -0.25) is 29.8 Å². The van der Waals surface area contributed by atoms with E-state index in [0.717, 1.165) is 24.3 Å². The smallest absolute Gasteiger partial charge is 0.276 e. The van der Waals surface area contributed by atoms with E-state index in [2.05, 4.69) is 10.6 Å². The minimum atomic E-state index is -0.907. The molecule has 1 unspecified atom stereocenters. The van der Waals surface area contributed by atoms with Crippen molar-refractivity contribution >= 4 is 23.2 Å². The zero-order valence-corrected chi connectivity index (χ0v) is 18.1. The lowest BCUT2D eigenvalue weighted by Gasteiger charge is -2.19. The van der Waals surface area contributed by atoms with Crippen molar-refractivity contribution in [3.05, 3.63) is 78.4 Å². The fourth-order valence-corrected chi connectivity index (χ4v) is 3.13. The molecular weight excluding hydrogens is 442 g/mol. The topological polar surface area (TPSA) is 144 Å². The summed E-state index contributed by atoms with van der Waals surface area (Å²) < 4.78 is 28.0. The zero-order chi connectivity index (χ0) is 24.9. The molecule has 0 aliphatic rings. The summed E-state index contributed by atoms with van der Waals surface area (Å²) in [5.41, 5.74) is -2.00. The van der Waals surface area contributed by atoms with Gasteiger partial charge in [0.2, 0.25) is 0 Å². The first-order valence-corrected chi connectivity index (χ1v) is 9.94. The van der Waals surface area contributed by atoms with E-state index in [-0.39, 0.29) is 28.8 Å². The molecule has 176 valence electrons. The van der Waals surface area contributed by atoms with Crippen LogP contribution in [-0.4, -0.2) is 34.2 Å². The second-order valence-electron chi connectivity index (χ2n) is 7.39. The van der Waals surface area contributed by atoms with Gasteiger partial charge in [0.15, 0.2) is 0 Å². The molecule has 0 radical (unpaired) electrons. The van der Waals surface area contributed by atoms with Gasteiger partial charge in [0.1, 0.15) is 11.6 Å². The fourth-order valence-electron chi connectivity index (χ4n) is 3.13. The van der Waals surface area contributed by atoms with Crippen LogP contribution in [0.2, 0.25) is 0 Å². The van der Waals surface area contributed by atoms with E-state index in [1.807, 2.05) is 6.92 Å². The van der Waals surface area contributed by atoms with Gasteiger partial charge >= 0.3 is 0 Å². The van der Waals surface area contributed by atoms with Crippen LogP contribution >= 0.6 is 0 Å². The molecule has 2 aromatic rings. The third kappa shape index (κ3) is 6.05. The van der Waals surface area contributed by atoms with E-state index in [4.69, 9.17) is 0 Å². The quantitative estimate of drug-likeness (QED) is 0.427. The Hall–Kier alpha value is -3.96. The average Bonchev–Trinajstić information content (AvgIpc) is 2.74. The lowest BCUT2D eigenvalue weighted by molar-refractivity contribution is -0.385. The van der Waals surface area contributed by atoms with Crippen molar-refractivity contribution in [1.29, 1.82) is 0 Å². The van der Waals surface area contributed by atoms with Gasteiger partial charge in [0.05, 0.1) is 21.0 Å². The van der Waals surface area contributed by atoms with Crippen LogP contribution < -0.4 is 10.6 Å². The maximum absolute atomic E-state index is 14.0. The molecule has 33 heavy (non-hydrogen) atoms. The number of carbonyl (C=O) groups is 2. The predicted molar refractivity (Wildman–Crippen MR) is 114 cm³/mol. The van der Waals surface area contributed by atoms with Crippen molar-refractivity contribution in [2.75, 3.05) is 6.54 Å². The number of nitrogens with zero attached hydrogens (tertiary/aromatic N) is 2. The number of rotatable bonds is 9. The molecular formula is C21H22F2N4O6. The van der Waals surface area contributed by atoms with E-state index in [9.17, 15) is 38.6 Å². The predicted octanol–water partition coefficient (Wildman–Crippen LogP) is 3.73. The highest BCUT2D eigenvalue weighted by atomic mass is 19.1. The molecule has 10 nitrogen and oxygen atoms in total. The first-order chi connectivity index (χ1) is 15.5. The molecule has 0 saturated carbocycles. The van der Waals surface area contributed by atoms with Crippen LogP contribution in [0.5, 0.6) is 0 Å².